The molecule has 5 nitrogen and oxygen atoms in total. The van der Waals surface area contributed by atoms with Gasteiger partial charge in [0.15, 0.2) is 0 Å². The van der Waals surface area contributed by atoms with E-state index in [4.69, 9.17) is 0 Å². The normalized spacial score (nSPS) is 33.8. The molecule has 2 aromatic rings. The quantitative estimate of drug-likeness (QED) is 0.911. The fourth-order valence-electron chi connectivity index (χ4n) is 5.79. The molecule has 0 spiro atoms. The van der Waals surface area contributed by atoms with E-state index in [1.54, 1.807) is 0 Å². The molecule has 5 heteroatoms. The Morgan fingerprint density at radius 3 is 2.54 bits per heavy atom. The van der Waals surface area contributed by atoms with Gasteiger partial charge in [-0.2, -0.15) is 0 Å². The van der Waals surface area contributed by atoms with Crippen LogP contribution in [0, 0.1) is 17.8 Å². The van der Waals surface area contributed by atoms with Gasteiger partial charge in [-0.15, -0.1) is 0 Å². The number of nitrogens with zero attached hydrogens (tertiary/aromatic N) is 2. The molecule has 0 unspecified atom stereocenters. The Bertz CT molecular complexity index is 712. The minimum absolute atomic E-state index is 0.0333. The molecule has 4 bridgehead atoms. The molecular weight excluding hydrogens is 300 g/mol. The Labute approximate surface area is 141 Å². The maximum Gasteiger partial charge on any atom is 0.315 e. The maximum atomic E-state index is 12.5. The number of aromatic nitrogens is 2. The second-order valence-corrected chi connectivity index (χ2v) is 8.20. The summed E-state index contributed by atoms with van der Waals surface area (Å²) < 4.78 is 1.98. The predicted molar refractivity (Wildman–Crippen MR) is 91.5 cm³/mol. The summed E-state index contributed by atoms with van der Waals surface area (Å²) in [5.74, 6) is 2.53. The molecule has 0 radical (unpaired) electrons. The maximum absolute atomic E-state index is 12.5. The standard InChI is InChI=1S/C19H24N4O/c24-18(20-11-16-12-23-4-2-1-3-17(23)21-16)22-19-8-13-5-14(9-19)7-15(6-13)10-19/h1-4,12-15H,5-11H2,(H2,20,22,24). The minimum atomic E-state index is -0.0333. The van der Waals surface area contributed by atoms with E-state index in [1.165, 1.54) is 38.5 Å². The van der Waals surface area contributed by atoms with E-state index in [0.717, 1.165) is 29.1 Å². The number of fused-ring (bicyclic) bond motifs is 1. The van der Waals surface area contributed by atoms with Crippen LogP contribution in [0.2, 0.25) is 0 Å². The first-order valence-electron chi connectivity index (χ1n) is 9.16. The molecule has 2 N–H and O–H groups in total. The topological polar surface area (TPSA) is 58.4 Å². The number of urea groups is 1. The lowest BCUT2D eigenvalue weighted by atomic mass is 9.53. The third kappa shape index (κ3) is 2.46. The number of imidazole rings is 1. The van der Waals surface area contributed by atoms with Gasteiger partial charge in [0.2, 0.25) is 0 Å². The molecular formula is C19H24N4O. The number of hydrogen-bond donors (Lipinski definition) is 2. The molecule has 6 rings (SSSR count). The summed E-state index contributed by atoms with van der Waals surface area (Å²) in [5.41, 5.74) is 1.87. The van der Waals surface area contributed by atoms with E-state index in [2.05, 4.69) is 15.6 Å². The number of amides is 2. The predicted octanol–water partition coefficient (Wildman–Crippen LogP) is 3.10. The van der Waals surface area contributed by atoms with Gasteiger partial charge in [0.05, 0.1) is 12.2 Å². The van der Waals surface area contributed by atoms with Crippen LogP contribution < -0.4 is 10.6 Å². The molecule has 4 fully saturated rings. The summed E-state index contributed by atoms with van der Waals surface area (Å²) in [7, 11) is 0. The summed E-state index contributed by atoms with van der Waals surface area (Å²) in [6.07, 6.45) is 11.7. The molecule has 0 aromatic carbocycles. The zero-order chi connectivity index (χ0) is 16.1. The van der Waals surface area contributed by atoms with Crippen LogP contribution in [-0.4, -0.2) is 21.0 Å². The van der Waals surface area contributed by atoms with Crippen molar-refractivity contribution in [2.24, 2.45) is 17.8 Å². The minimum Gasteiger partial charge on any atom is -0.333 e. The number of nitrogens with one attached hydrogen (secondary N) is 2. The number of rotatable bonds is 3. The monoisotopic (exact) mass is 324 g/mol. The fraction of sp³-hybridized carbons (Fsp3) is 0.579. The van der Waals surface area contributed by atoms with E-state index in [-0.39, 0.29) is 11.6 Å². The number of hydrogen-bond acceptors (Lipinski definition) is 2. The lowest BCUT2D eigenvalue weighted by molar-refractivity contribution is -0.0135. The van der Waals surface area contributed by atoms with Crippen molar-refractivity contribution in [3.05, 3.63) is 36.3 Å². The van der Waals surface area contributed by atoms with Crippen molar-refractivity contribution in [3.8, 4) is 0 Å². The van der Waals surface area contributed by atoms with Crippen molar-refractivity contribution >= 4 is 11.7 Å². The summed E-state index contributed by atoms with van der Waals surface area (Å²) in [4.78, 5) is 17.0. The Hall–Kier alpha value is -2.04. The van der Waals surface area contributed by atoms with Gasteiger partial charge in [-0.1, -0.05) is 6.07 Å². The van der Waals surface area contributed by atoms with Crippen LogP contribution in [0.25, 0.3) is 5.65 Å². The second kappa shape index (κ2) is 5.23. The molecule has 2 amide bonds. The largest absolute Gasteiger partial charge is 0.333 e. The lowest BCUT2D eigenvalue weighted by Crippen LogP contribution is -2.61. The Morgan fingerprint density at radius 1 is 1.17 bits per heavy atom. The molecule has 0 saturated heterocycles. The highest BCUT2D eigenvalue weighted by atomic mass is 16.2. The summed E-state index contributed by atoms with van der Waals surface area (Å²) in [6, 6.07) is 5.89. The first-order valence-corrected chi connectivity index (χ1v) is 9.16. The highest BCUT2D eigenvalue weighted by molar-refractivity contribution is 5.74. The smallest absolute Gasteiger partial charge is 0.315 e. The van der Waals surface area contributed by atoms with Crippen LogP contribution in [0.15, 0.2) is 30.6 Å². The highest BCUT2D eigenvalue weighted by Crippen LogP contribution is 2.55. The van der Waals surface area contributed by atoms with Gasteiger partial charge < -0.3 is 15.0 Å². The van der Waals surface area contributed by atoms with Crippen molar-refractivity contribution in [2.75, 3.05) is 0 Å². The van der Waals surface area contributed by atoms with E-state index < -0.39 is 0 Å². The first kappa shape index (κ1) is 14.3. The number of pyridine rings is 1. The average Bonchev–Trinajstić information content (AvgIpc) is 2.94. The van der Waals surface area contributed by atoms with Crippen LogP contribution in [0.1, 0.15) is 44.2 Å². The second-order valence-electron chi connectivity index (χ2n) is 8.20. The molecule has 0 aliphatic heterocycles. The summed E-state index contributed by atoms with van der Waals surface area (Å²) in [5, 5.41) is 6.35. The van der Waals surface area contributed by atoms with E-state index in [9.17, 15) is 4.79 Å². The zero-order valence-electron chi connectivity index (χ0n) is 13.9. The van der Waals surface area contributed by atoms with Gasteiger partial charge >= 0.3 is 6.03 Å². The highest BCUT2D eigenvalue weighted by Gasteiger charge is 2.51. The summed E-state index contributed by atoms with van der Waals surface area (Å²) in [6.45, 7) is 0.472. The molecule has 24 heavy (non-hydrogen) atoms. The van der Waals surface area contributed by atoms with Gasteiger partial charge in [-0.05, 0) is 68.4 Å². The Morgan fingerprint density at radius 2 is 1.88 bits per heavy atom. The molecule has 2 heterocycles. The third-order valence-electron chi connectivity index (χ3n) is 6.26. The molecule has 4 aliphatic carbocycles. The van der Waals surface area contributed by atoms with Crippen LogP contribution in [0.4, 0.5) is 4.79 Å². The van der Waals surface area contributed by atoms with Crippen molar-refractivity contribution < 1.29 is 4.79 Å². The third-order valence-corrected chi connectivity index (χ3v) is 6.26. The Kier molecular flexibility index (Phi) is 3.12. The molecule has 4 aliphatic rings. The van der Waals surface area contributed by atoms with Crippen LogP contribution in [-0.2, 0) is 6.54 Å². The van der Waals surface area contributed by atoms with E-state index in [0.29, 0.717) is 6.54 Å². The molecule has 0 atom stereocenters. The Balaban J connectivity index is 1.23. The van der Waals surface area contributed by atoms with Crippen LogP contribution >= 0.6 is 0 Å². The van der Waals surface area contributed by atoms with Crippen molar-refractivity contribution in [1.29, 1.82) is 0 Å². The van der Waals surface area contributed by atoms with Gasteiger partial charge in [-0.25, -0.2) is 9.78 Å². The van der Waals surface area contributed by atoms with Crippen LogP contribution in [0.5, 0.6) is 0 Å². The molecule has 126 valence electrons. The van der Waals surface area contributed by atoms with Crippen LogP contribution in [0.3, 0.4) is 0 Å². The number of carbonyl (C=O) groups is 1. The van der Waals surface area contributed by atoms with Gasteiger partial charge in [0, 0.05) is 17.9 Å². The van der Waals surface area contributed by atoms with E-state index >= 15 is 0 Å². The van der Waals surface area contributed by atoms with Gasteiger partial charge in [0.25, 0.3) is 0 Å². The molecule has 4 saturated carbocycles. The lowest BCUT2D eigenvalue weighted by Gasteiger charge is -2.56. The molecule has 2 aromatic heterocycles. The van der Waals surface area contributed by atoms with Gasteiger partial charge in [-0.3, -0.25) is 0 Å². The first-order chi connectivity index (χ1) is 11.7. The van der Waals surface area contributed by atoms with Crippen molar-refractivity contribution in [3.63, 3.8) is 0 Å². The van der Waals surface area contributed by atoms with Crippen molar-refractivity contribution in [1.82, 2.24) is 20.0 Å². The number of carbonyl (C=O) groups excluding carboxylic acids is 1. The van der Waals surface area contributed by atoms with Crippen molar-refractivity contribution in [2.45, 2.75) is 50.6 Å². The summed E-state index contributed by atoms with van der Waals surface area (Å²) >= 11 is 0. The van der Waals surface area contributed by atoms with Gasteiger partial charge in [0.1, 0.15) is 5.65 Å². The SMILES string of the molecule is O=C(NCc1cn2ccccc2n1)NC12CC3CC(CC(C3)C1)C2. The fourth-order valence-corrected chi connectivity index (χ4v) is 5.79. The zero-order valence-corrected chi connectivity index (χ0v) is 13.9. The average molecular weight is 324 g/mol. The van der Waals surface area contributed by atoms with E-state index in [1.807, 2.05) is 35.0 Å².